The highest BCUT2D eigenvalue weighted by molar-refractivity contribution is 8.23. The number of likely N-dealkylation sites (tertiary alicyclic amines) is 1. The Labute approximate surface area is 195 Å². The van der Waals surface area contributed by atoms with Crippen molar-refractivity contribution in [3.8, 4) is 0 Å². The van der Waals surface area contributed by atoms with E-state index in [2.05, 4.69) is 47.9 Å². The quantitative estimate of drug-likeness (QED) is 0.475. The third-order valence-electron chi connectivity index (χ3n) is 5.93. The summed E-state index contributed by atoms with van der Waals surface area (Å²) in [6.07, 6.45) is 2.27. The van der Waals surface area contributed by atoms with Crippen LogP contribution in [0.25, 0.3) is 0 Å². The number of piperidine rings is 1. The van der Waals surface area contributed by atoms with Gasteiger partial charge in [0.1, 0.15) is 4.32 Å². The van der Waals surface area contributed by atoms with Crippen molar-refractivity contribution in [2.75, 3.05) is 51.6 Å². The lowest BCUT2D eigenvalue weighted by molar-refractivity contribution is -0.150. The Hall–Kier alpha value is -1.64. The number of rotatable bonds is 6. The van der Waals surface area contributed by atoms with Crippen molar-refractivity contribution in [2.45, 2.75) is 33.2 Å². The van der Waals surface area contributed by atoms with Crippen LogP contribution in [0.5, 0.6) is 0 Å². The van der Waals surface area contributed by atoms with Gasteiger partial charge in [-0.15, -0.1) is 0 Å². The third-order valence-corrected chi connectivity index (χ3v) is 7.42. The third kappa shape index (κ3) is 7.77. The Kier molecular flexibility index (Phi) is 9.16. The number of thiocarbonyl (C=S) groups is 1. The second-order valence-electron chi connectivity index (χ2n) is 8.53. The molecule has 0 spiro atoms. The summed E-state index contributed by atoms with van der Waals surface area (Å²) in [7, 11) is 0. The van der Waals surface area contributed by atoms with E-state index in [1.807, 2.05) is 0 Å². The van der Waals surface area contributed by atoms with E-state index in [4.69, 9.17) is 17.0 Å². The molecule has 2 heterocycles. The monoisotopic (exact) mass is 463 g/mol. The molecule has 0 aliphatic carbocycles. The van der Waals surface area contributed by atoms with Gasteiger partial charge in [0.15, 0.2) is 6.61 Å². The van der Waals surface area contributed by atoms with Gasteiger partial charge in [-0.2, -0.15) is 0 Å². The van der Waals surface area contributed by atoms with Crippen LogP contribution in [0.15, 0.2) is 24.3 Å². The molecular weight excluding hydrogens is 430 g/mol. The van der Waals surface area contributed by atoms with Crippen LogP contribution < -0.4 is 0 Å². The number of hydrogen-bond donors (Lipinski definition) is 0. The topological polar surface area (TPSA) is 53.1 Å². The van der Waals surface area contributed by atoms with E-state index >= 15 is 0 Å². The molecule has 2 aliphatic rings. The summed E-state index contributed by atoms with van der Waals surface area (Å²) in [5.41, 5.74) is 2.56. The first-order valence-corrected chi connectivity index (χ1v) is 12.4. The van der Waals surface area contributed by atoms with Gasteiger partial charge >= 0.3 is 5.97 Å². The van der Waals surface area contributed by atoms with Crippen molar-refractivity contribution in [3.05, 3.63) is 35.4 Å². The van der Waals surface area contributed by atoms with Gasteiger partial charge in [-0.05, 0) is 31.2 Å². The number of carbonyl (C=O) groups is 2. The summed E-state index contributed by atoms with van der Waals surface area (Å²) in [5.74, 6) is 0.386. The Balaban J connectivity index is 1.31. The summed E-state index contributed by atoms with van der Waals surface area (Å²) < 4.78 is 5.95. The maximum atomic E-state index is 12.4. The molecule has 0 atom stereocenters. The summed E-state index contributed by atoms with van der Waals surface area (Å²) in [5, 5.41) is 0. The zero-order chi connectivity index (χ0) is 22.2. The van der Waals surface area contributed by atoms with Crippen molar-refractivity contribution in [1.29, 1.82) is 0 Å². The van der Waals surface area contributed by atoms with Gasteiger partial charge in [-0.25, -0.2) is 0 Å². The number of piperazine rings is 1. The van der Waals surface area contributed by atoms with Gasteiger partial charge in [0, 0.05) is 45.8 Å². The fourth-order valence-electron chi connectivity index (χ4n) is 3.90. The lowest BCUT2D eigenvalue weighted by Gasteiger charge is -2.34. The molecule has 1 aromatic carbocycles. The molecule has 0 unspecified atom stereocenters. The molecular formula is C23H33N3O3S2. The van der Waals surface area contributed by atoms with Gasteiger partial charge in [0.25, 0.3) is 5.91 Å². The highest BCUT2D eigenvalue weighted by Crippen LogP contribution is 2.20. The van der Waals surface area contributed by atoms with E-state index in [0.29, 0.717) is 13.1 Å². The van der Waals surface area contributed by atoms with Crippen molar-refractivity contribution in [2.24, 2.45) is 5.92 Å². The number of amides is 1. The first kappa shape index (κ1) is 24.0. The van der Waals surface area contributed by atoms with Crippen LogP contribution in [0.2, 0.25) is 0 Å². The molecule has 0 radical (unpaired) electrons. The number of aryl methyl sites for hydroxylation is 1. The fourth-order valence-corrected chi connectivity index (χ4v) is 4.95. The van der Waals surface area contributed by atoms with Crippen molar-refractivity contribution in [1.82, 2.24) is 14.7 Å². The minimum atomic E-state index is -0.385. The van der Waals surface area contributed by atoms with Crippen molar-refractivity contribution in [3.63, 3.8) is 0 Å². The molecule has 2 saturated heterocycles. The lowest BCUT2D eigenvalue weighted by Crippen LogP contribution is -2.49. The van der Waals surface area contributed by atoms with Gasteiger partial charge < -0.3 is 14.5 Å². The number of nitrogens with zero attached hydrogens (tertiary/aromatic N) is 3. The van der Waals surface area contributed by atoms with Gasteiger partial charge in [-0.1, -0.05) is 60.7 Å². The Bertz CT molecular complexity index is 773. The van der Waals surface area contributed by atoms with Gasteiger partial charge in [-0.3, -0.25) is 14.5 Å². The molecule has 1 amide bonds. The molecule has 8 heteroatoms. The maximum Gasteiger partial charge on any atom is 0.316 e. The summed E-state index contributed by atoms with van der Waals surface area (Å²) in [4.78, 5) is 30.8. The zero-order valence-corrected chi connectivity index (χ0v) is 20.2. The van der Waals surface area contributed by atoms with E-state index in [1.165, 1.54) is 22.9 Å². The lowest BCUT2D eigenvalue weighted by atomic mass is 10.00. The van der Waals surface area contributed by atoms with E-state index < -0.39 is 0 Å². The number of benzene rings is 1. The van der Waals surface area contributed by atoms with Crippen LogP contribution in [0.1, 0.15) is 30.9 Å². The summed E-state index contributed by atoms with van der Waals surface area (Å²) in [6, 6.07) is 8.52. The first-order valence-electron chi connectivity index (χ1n) is 11.0. The summed E-state index contributed by atoms with van der Waals surface area (Å²) >= 11 is 6.77. The SMILES string of the molecule is Cc1cccc(CN2CCN(C(=O)COC(=O)CSC(=S)N3CCC(C)CC3)CC2)c1. The number of ether oxygens (including phenoxy) is 1. The highest BCUT2D eigenvalue weighted by atomic mass is 32.2. The molecule has 170 valence electrons. The Morgan fingerprint density at radius 2 is 1.81 bits per heavy atom. The molecule has 6 nitrogen and oxygen atoms in total. The van der Waals surface area contributed by atoms with E-state index in [1.54, 1.807) is 4.90 Å². The molecule has 1 aromatic rings. The van der Waals surface area contributed by atoms with Crippen LogP contribution >= 0.6 is 24.0 Å². The largest absolute Gasteiger partial charge is 0.455 e. The van der Waals surface area contributed by atoms with Crippen molar-refractivity contribution < 1.29 is 14.3 Å². The van der Waals surface area contributed by atoms with Crippen LogP contribution in [0, 0.1) is 12.8 Å². The molecule has 31 heavy (non-hydrogen) atoms. The molecule has 0 N–H and O–H groups in total. The molecule has 2 aliphatic heterocycles. The minimum Gasteiger partial charge on any atom is -0.455 e. The van der Waals surface area contributed by atoms with Crippen LogP contribution in [0.3, 0.4) is 0 Å². The number of carbonyl (C=O) groups excluding carboxylic acids is 2. The first-order chi connectivity index (χ1) is 14.9. The van der Waals surface area contributed by atoms with Crippen LogP contribution in [-0.2, 0) is 20.9 Å². The van der Waals surface area contributed by atoms with Gasteiger partial charge in [0.2, 0.25) is 0 Å². The van der Waals surface area contributed by atoms with Crippen molar-refractivity contribution >= 4 is 40.2 Å². The number of hydrogen-bond acceptors (Lipinski definition) is 6. The maximum absolute atomic E-state index is 12.4. The standard InChI is InChI=1S/C23H33N3O3S2/c1-18-6-8-26(9-7-18)23(30)31-17-22(28)29-16-21(27)25-12-10-24(11-13-25)15-20-5-3-4-19(2)14-20/h3-5,14,18H,6-13,15-17H2,1-2H3. The minimum absolute atomic E-state index is 0.124. The fraction of sp³-hybridized carbons (Fsp3) is 0.609. The normalized spacial score (nSPS) is 18.1. The van der Waals surface area contributed by atoms with E-state index in [9.17, 15) is 9.59 Å². The summed E-state index contributed by atoms with van der Waals surface area (Å²) in [6.45, 7) is 9.94. The molecule has 0 bridgehead atoms. The van der Waals surface area contributed by atoms with Crippen LogP contribution in [0.4, 0.5) is 0 Å². The van der Waals surface area contributed by atoms with Crippen LogP contribution in [-0.4, -0.2) is 82.5 Å². The molecule has 0 saturated carbocycles. The predicted octanol–water partition coefficient (Wildman–Crippen LogP) is 2.93. The van der Waals surface area contributed by atoms with E-state index in [-0.39, 0.29) is 24.2 Å². The second kappa shape index (κ2) is 11.8. The van der Waals surface area contributed by atoms with Gasteiger partial charge in [0.05, 0.1) is 5.75 Å². The Morgan fingerprint density at radius 1 is 1.10 bits per heavy atom. The molecule has 3 rings (SSSR count). The Morgan fingerprint density at radius 3 is 2.48 bits per heavy atom. The zero-order valence-electron chi connectivity index (χ0n) is 18.5. The molecule has 0 aromatic heterocycles. The second-order valence-corrected chi connectivity index (χ2v) is 10.1. The number of esters is 1. The van der Waals surface area contributed by atoms with E-state index in [0.717, 1.165) is 55.8 Å². The highest BCUT2D eigenvalue weighted by Gasteiger charge is 2.23. The average molecular weight is 464 g/mol. The number of thioether (sulfide) groups is 1. The smallest absolute Gasteiger partial charge is 0.316 e. The predicted molar refractivity (Wildman–Crippen MR) is 129 cm³/mol. The molecule has 2 fully saturated rings. The average Bonchev–Trinajstić information content (AvgIpc) is 2.77.